The van der Waals surface area contributed by atoms with Gasteiger partial charge in [0.25, 0.3) is 0 Å². The van der Waals surface area contributed by atoms with Crippen LogP contribution in [0.2, 0.25) is 0 Å². The molecule has 2 saturated heterocycles. The number of hydrogen-bond acceptors (Lipinski definition) is 4. The Kier molecular flexibility index (Phi) is 3.66. The highest BCUT2D eigenvalue weighted by Gasteiger charge is 2.47. The molecule has 2 heterocycles. The van der Waals surface area contributed by atoms with Crippen molar-refractivity contribution in [1.82, 2.24) is 0 Å². The van der Waals surface area contributed by atoms with E-state index in [9.17, 15) is 5.11 Å². The van der Waals surface area contributed by atoms with Crippen LogP contribution in [-0.4, -0.2) is 43.4 Å². The first-order chi connectivity index (χ1) is 8.38. The maximum atomic E-state index is 9.54. The molecule has 4 heteroatoms. The molecule has 0 amide bonds. The highest BCUT2D eigenvalue weighted by Crippen LogP contribution is 2.42. The van der Waals surface area contributed by atoms with Crippen molar-refractivity contribution in [2.24, 2.45) is 11.8 Å². The van der Waals surface area contributed by atoms with Crippen LogP contribution >= 0.6 is 0 Å². The summed E-state index contributed by atoms with van der Waals surface area (Å²) in [5, 5.41) is 9.54. The molecule has 0 aromatic heterocycles. The van der Waals surface area contributed by atoms with E-state index in [-0.39, 0.29) is 24.9 Å². The molecule has 0 radical (unpaired) electrons. The second kappa shape index (κ2) is 5.22. The molecule has 0 aromatic rings. The first kappa shape index (κ1) is 11.9. The minimum absolute atomic E-state index is 0.0540. The van der Waals surface area contributed by atoms with Gasteiger partial charge in [-0.2, -0.15) is 0 Å². The number of ether oxygens (including phenoxy) is 3. The van der Waals surface area contributed by atoms with Gasteiger partial charge >= 0.3 is 0 Å². The molecule has 3 aliphatic rings. The van der Waals surface area contributed by atoms with E-state index in [0.29, 0.717) is 12.0 Å². The molecule has 2 aliphatic heterocycles. The van der Waals surface area contributed by atoms with Gasteiger partial charge in [0.1, 0.15) is 0 Å². The van der Waals surface area contributed by atoms with Crippen LogP contribution in [0, 0.1) is 11.8 Å². The smallest absolute Gasteiger partial charge is 0.157 e. The maximum absolute atomic E-state index is 9.54. The average molecular weight is 242 g/mol. The Morgan fingerprint density at radius 3 is 2.82 bits per heavy atom. The SMILES string of the molecule is OC[C@H]1[C@H]2CCO[C@H]2C[C@H]1OC1CCCCO1. The summed E-state index contributed by atoms with van der Waals surface area (Å²) in [5.74, 6) is 0.738. The minimum Gasteiger partial charge on any atom is -0.396 e. The molecule has 98 valence electrons. The number of rotatable bonds is 3. The summed E-state index contributed by atoms with van der Waals surface area (Å²) in [4.78, 5) is 0. The van der Waals surface area contributed by atoms with Gasteiger partial charge in [-0.1, -0.05) is 0 Å². The van der Waals surface area contributed by atoms with Gasteiger partial charge in [-0.15, -0.1) is 0 Å². The van der Waals surface area contributed by atoms with Crippen molar-refractivity contribution in [3.8, 4) is 0 Å². The predicted octanol–water partition coefficient (Wildman–Crippen LogP) is 1.32. The highest BCUT2D eigenvalue weighted by atomic mass is 16.7. The quantitative estimate of drug-likeness (QED) is 0.810. The van der Waals surface area contributed by atoms with E-state index in [4.69, 9.17) is 14.2 Å². The van der Waals surface area contributed by atoms with Crippen LogP contribution in [-0.2, 0) is 14.2 Å². The monoisotopic (exact) mass is 242 g/mol. The molecule has 3 rings (SSSR count). The lowest BCUT2D eigenvalue weighted by atomic mass is 9.93. The second-order valence-electron chi connectivity index (χ2n) is 5.41. The summed E-state index contributed by atoms with van der Waals surface area (Å²) >= 11 is 0. The van der Waals surface area contributed by atoms with E-state index in [1.165, 1.54) is 6.42 Å². The molecular formula is C13H22O4. The zero-order chi connectivity index (χ0) is 11.7. The summed E-state index contributed by atoms with van der Waals surface area (Å²) in [7, 11) is 0. The first-order valence-corrected chi connectivity index (χ1v) is 6.88. The van der Waals surface area contributed by atoms with E-state index in [1.54, 1.807) is 0 Å². The Hall–Kier alpha value is -0.160. The minimum atomic E-state index is -0.0540. The lowest BCUT2D eigenvalue weighted by Gasteiger charge is -2.29. The second-order valence-corrected chi connectivity index (χ2v) is 5.41. The molecule has 17 heavy (non-hydrogen) atoms. The molecule has 0 bridgehead atoms. The van der Waals surface area contributed by atoms with Gasteiger partial charge in [-0.3, -0.25) is 0 Å². The van der Waals surface area contributed by atoms with Crippen molar-refractivity contribution in [2.75, 3.05) is 19.8 Å². The number of fused-ring (bicyclic) bond motifs is 1. The fourth-order valence-electron chi connectivity index (χ4n) is 3.50. The zero-order valence-corrected chi connectivity index (χ0v) is 10.2. The lowest BCUT2D eigenvalue weighted by molar-refractivity contribution is -0.199. The van der Waals surface area contributed by atoms with Crippen LogP contribution in [0.5, 0.6) is 0 Å². The summed E-state index contributed by atoms with van der Waals surface area (Å²) in [6.07, 6.45) is 5.69. The zero-order valence-electron chi connectivity index (χ0n) is 10.2. The molecule has 1 unspecified atom stereocenters. The Morgan fingerprint density at radius 2 is 2.06 bits per heavy atom. The third-order valence-electron chi connectivity index (χ3n) is 4.43. The van der Waals surface area contributed by atoms with Gasteiger partial charge in [0.2, 0.25) is 0 Å². The summed E-state index contributed by atoms with van der Waals surface area (Å²) in [5.41, 5.74) is 0. The molecular weight excluding hydrogens is 220 g/mol. The van der Waals surface area contributed by atoms with Crippen molar-refractivity contribution < 1.29 is 19.3 Å². The predicted molar refractivity (Wildman–Crippen MR) is 61.5 cm³/mol. The van der Waals surface area contributed by atoms with Crippen LogP contribution in [0.25, 0.3) is 0 Å². The third-order valence-corrected chi connectivity index (χ3v) is 4.43. The van der Waals surface area contributed by atoms with E-state index >= 15 is 0 Å². The van der Waals surface area contributed by atoms with E-state index < -0.39 is 0 Å². The lowest BCUT2D eigenvalue weighted by Crippen LogP contribution is -2.32. The number of hydrogen-bond donors (Lipinski definition) is 1. The number of aliphatic hydroxyl groups is 1. The van der Waals surface area contributed by atoms with Gasteiger partial charge in [0.15, 0.2) is 6.29 Å². The highest BCUT2D eigenvalue weighted by molar-refractivity contribution is 4.95. The average Bonchev–Trinajstić information content (AvgIpc) is 2.90. The van der Waals surface area contributed by atoms with Crippen LogP contribution in [0.15, 0.2) is 0 Å². The molecule has 1 saturated carbocycles. The maximum Gasteiger partial charge on any atom is 0.157 e. The van der Waals surface area contributed by atoms with Gasteiger partial charge in [0, 0.05) is 32.2 Å². The molecule has 4 nitrogen and oxygen atoms in total. The molecule has 0 aromatic carbocycles. The fourth-order valence-corrected chi connectivity index (χ4v) is 3.50. The molecule has 5 atom stereocenters. The van der Waals surface area contributed by atoms with Crippen LogP contribution < -0.4 is 0 Å². The van der Waals surface area contributed by atoms with Crippen molar-refractivity contribution in [2.45, 2.75) is 50.6 Å². The van der Waals surface area contributed by atoms with Crippen molar-refractivity contribution in [3.05, 3.63) is 0 Å². The largest absolute Gasteiger partial charge is 0.396 e. The third kappa shape index (κ3) is 2.36. The van der Waals surface area contributed by atoms with Crippen molar-refractivity contribution >= 4 is 0 Å². The normalized spacial score (nSPS) is 46.1. The first-order valence-electron chi connectivity index (χ1n) is 6.88. The van der Waals surface area contributed by atoms with Crippen LogP contribution in [0.1, 0.15) is 32.1 Å². The van der Waals surface area contributed by atoms with E-state index in [0.717, 1.165) is 38.9 Å². The number of aliphatic hydroxyl groups excluding tert-OH is 1. The molecule has 3 fully saturated rings. The Balaban J connectivity index is 1.58. The Labute approximate surface area is 102 Å². The van der Waals surface area contributed by atoms with Crippen LogP contribution in [0.3, 0.4) is 0 Å². The van der Waals surface area contributed by atoms with E-state index in [2.05, 4.69) is 0 Å². The van der Waals surface area contributed by atoms with Gasteiger partial charge in [-0.25, -0.2) is 0 Å². The molecule has 0 spiro atoms. The fraction of sp³-hybridized carbons (Fsp3) is 1.00. The van der Waals surface area contributed by atoms with Crippen molar-refractivity contribution in [3.63, 3.8) is 0 Å². The van der Waals surface area contributed by atoms with Gasteiger partial charge in [0.05, 0.1) is 12.2 Å². The summed E-state index contributed by atoms with van der Waals surface area (Å²) in [6.45, 7) is 1.87. The Morgan fingerprint density at radius 1 is 1.12 bits per heavy atom. The summed E-state index contributed by atoms with van der Waals surface area (Å²) < 4.78 is 17.3. The van der Waals surface area contributed by atoms with Gasteiger partial charge < -0.3 is 19.3 Å². The standard InChI is InChI=1S/C13H22O4/c14-8-10-9-4-6-15-11(9)7-12(10)17-13-3-1-2-5-16-13/h9-14H,1-8H2/t9-,10+,11+,12-,13?/m1/s1. The van der Waals surface area contributed by atoms with Crippen molar-refractivity contribution in [1.29, 1.82) is 0 Å². The van der Waals surface area contributed by atoms with E-state index in [1.807, 2.05) is 0 Å². The molecule has 1 N–H and O–H groups in total. The Bertz CT molecular complexity index is 252. The van der Waals surface area contributed by atoms with Crippen LogP contribution in [0.4, 0.5) is 0 Å². The topological polar surface area (TPSA) is 47.9 Å². The molecule has 1 aliphatic carbocycles. The van der Waals surface area contributed by atoms with Gasteiger partial charge in [-0.05, 0) is 31.6 Å². The summed E-state index contributed by atoms with van der Waals surface area (Å²) in [6, 6.07) is 0.